The van der Waals surface area contributed by atoms with E-state index in [1.54, 1.807) is 25.1 Å². The molecule has 0 atom stereocenters. The molecular formula is C17H18BrF2N3O2. The summed E-state index contributed by atoms with van der Waals surface area (Å²) in [6.07, 6.45) is 0.427. The molecule has 25 heavy (non-hydrogen) atoms. The molecule has 0 spiro atoms. The Labute approximate surface area is 152 Å². The maximum atomic E-state index is 12.4. The van der Waals surface area contributed by atoms with E-state index in [-0.39, 0.29) is 17.0 Å². The van der Waals surface area contributed by atoms with Crippen LogP contribution in [0, 0.1) is 11.3 Å². The van der Waals surface area contributed by atoms with Crippen molar-refractivity contribution in [1.82, 2.24) is 9.88 Å². The van der Waals surface area contributed by atoms with Crippen molar-refractivity contribution in [3.63, 3.8) is 0 Å². The van der Waals surface area contributed by atoms with Crippen molar-refractivity contribution in [3.8, 4) is 6.07 Å². The molecule has 5 nitrogen and oxygen atoms in total. The quantitative estimate of drug-likeness (QED) is 0.322. The zero-order valence-corrected chi connectivity index (χ0v) is 15.7. The molecule has 0 amide bonds. The largest absolute Gasteiger partial charge is 0.491 e. The van der Waals surface area contributed by atoms with E-state index in [0.717, 1.165) is 0 Å². The van der Waals surface area contributed by atoms with Crippen LogP contribution in [0.1, 0.15) is 17.4 Å². The first-order chi connectivity index (χ1) is 11.6. The minimum atomic E-state index is -2.57. The highest BCUT2D eigenvalue weighted by Crippen LogP contribution is 2.15. The number of halogens is 3. The predicted octanol–water partition coefficient (Wildman–Crippen LogP) is 2.27. The second-order valence-corrected chi connectivity index (χ2v) is 6.17. The zero-order chi connectivity index (χ0) is 19.1. The second kappa shape index (κ2) is 9.18. The smallest absolute Gasteiger partial charge is 0.272 e. The first-order valence-corrected chi connectivity index (χ1v) is 7.95. The van der Waals surface area contributed by atoms with Gasteiger partial charge in [-0.25, -0.2) is 8.78 Å². The van der Waals surface area contributed by atoms with E-state index in [1.165, 1.54) is 19.2 Å². The predicted molar refractivity (Wildman–Crippen MR) is 95.3 cm³/mol. The van der Waals surface area contributed by atoms with Crippen LogP contribution in [-0.4, -0.2) is 42.8 Å². The summed E-state index contributed by atoms with van der Waals surface area (Å²) >= 11 is 3.24. The van der Waals surface area contributed by atoms with Gasteiger partial charge in [0.25, 0.3) is 6.43 Å². The van der Waals surface area contributed by atoms with Gasteiger partial charge in [-0.2, -0.15) is 5.26 Å². The van der Waals surface area contributed by atoms with Gasteiger partial charge in [-0.3, -0.25) is 4.79 Å². The molecule has 1 rings (SSSR count). The van der Waals surface area contributed by atoms with Crippen LogP contribution in [0.2, 0.25) is 0 Å². The number of carbonyl (C=O) groups excluding carboxylic acids is 1. The molecule has 0 saturated heterocycles. The molecule has 1 aromatic rings. The van der Waals surface area contributed by atoms with Crippen LogP contribution in [0.4, 0.5) is 8.78 Å². The first kappa shape index (κ1) is 20.6. The minimum absolute atomic E-state index is 0.0242. The number of H-pyrrole nitrogens is 1. The number of ether oxygens (including phenoxy) is 1. The Morgan fingerprint density at radius 2 is 2.20 bits per heavy atom. The summed E-state index contributed by atoms with van der Waals surface area (Å²) in [6.45, 7) is 4.65. The van der Waals surface area contributed by atoms with Gasteiger partial charge in [-0.1, -0.05) is 6.58 Å². The molecule has 1 N–H and O–H groups in total. The summed E-state index contributed by atoms with van der Waals surface area (Å²) in [7, 11) is 3.41. The summed E-state index contributed by atoms with van der Waals surface area (Å²) in [6, 6.07) is 3.37. The van der Waals surface area contributed by atoms with Gasteiger partial charge in [0.15, 0.2) is 0 Å². The molecule has 0 aromatic carbocycles. The molecule has 0 aliphatic rings. The highest BCUT2D eigenvalue weighted by molar-refractivity contribution is 9.12. The van der Waals surface area contributed by atoms with Gasteiger partial charge >= 0.3 is 0 Å². The number of aromatic amines is 1. The Morgan fingerprint density at radius 1 is 1.56 bits per heavy atom. The van der Waals surface area contributed by atoms with Crippen LogP contribution < -0.4 is 10.6 Å². The Balaban J connectivity index is 3.19. The molecular weight excluding hydrogens is 396 g/mol. The van der Waals surface area contributed by atoms with Crippen molar-refractivity contribution in [3.05, 3.63) is 44.3 Å². The van der Waals surface area contributed by atoms with Crippen LogP contribution in [0.5, 0.6) is 0 Å². The van der Waals surface area contributed by atoms with Crippen LogP contribution >= 0.6 is 15.9 Å². The first-order valence-electron chi connectivity index (χ1n) is 7.15. The lowest BCUT2D eigenvalue weighted by Gasteiger charge is -2.06. The lowest BCUT2D eigenvalue weighted by atomic mass is 10.1. The standard InChI is InChI=1S/C17H18BrF2N3O2/c1-10-5-15(17(24)12(7-21)8-23(3)4)22-14(10)6-13(18)11(2)25-9-16(19)20/h5-6,8,16,22H,1,9H2,2-4H3/b12-8+,13-11-,14-6+. The number of alkyl halides is 2. The number of allylic oxidation sites excluding steroid dienone is 3. The number of carbonyl (C=O) groups is 1. The summed E-state index contributed by atoms with van der Waals surface area (Å²) in [5, 5.41) is 10.1. The molecule has 0 bridgehead atoms. The van der Waals surface area contributed by atoms with Crippen LogP contribution in [-0.2, 0) is 4.74 Å². The molecule has 1 aromatic heterocycles. The van der Waals surface area contributed by atoms with Crippen LogP contribution in [0.3, 0.4) is 0 Å². The summed E-state index contributed by atoms with van der Waals surface area (Å²) in [4.78, 5) is 16.8. The fraction of sp³-hybridized carbons (Fsp3) is 0.294. The van der Waals surface area contributed by atoms with Crippen molar-refractivity contribution in [2.75, 3.05) is 20.7 Å². The average molecular weight is 414 g/mol. The molecule has 8 heteroatoms. The number of aromatic nitrogens is 1. The lowest BCUT2D eigenvalue weighted by molar-refractivity contribution is 0.0492. The number of ketones is 1. The monoisotopic (exact) mass is 413 g/mol. The Hall–Kier alpha value is -2.40. The van der Waals surface area contributed by atoms with E-state index in [4.69, 9.17) is 10.00 Å². The average Bonchev–Trinajstić information content (AvgIpc) is 2.90. The maximum absolute atomic E-state index is 12.4. The van der Waals surface area contributed by atoms with E-state index in [0.29, 0.717) is 15.1 Å². The molecule has 0 saturated carbocycles. The lowest BCUT2D eigenvalue weighted by Crippen LogP contribution is -2.20. The highest BCUT2D eigenvalue weighted by Gasteiger charge is 2.14. The SMILES string of the molecule is C=c1cc(C(=O)/C(C#N)=C/N(C)C)[nH]/c1=C/C(Br)=C(\C)OCC(F)F. The molecule has 0 fully saturated rings. The van der Waals surface area contributed by atoms with Crippen molar-refractivity contribution >= 4 is 34.4 Å². The minimum Gasteiger partial charge on any atom is -0.491 e. The number of hydrogen-bond donors (Lipinski definition) is 1. The van der Waals surface area contributed by atoms with Crippen molar-refractivity contribution in [2.45, 2.75) is 13.3 Å². The van der Waals surface area contributed by atoms with E-state index >= 15 is 0 Å². The Kier molecular flexibility index (Phi) is 7.58. The van der Waals surface area contributed by atoms with Crippen molar-refractivity contribution in [1.29, 1.82) is 5.26 Å². The van der Waals surface area contributed by atoms with Crippen molar-refractivity contribution in [2.24, 2.45) is 0 Å². The number of nitrogens with zero attached hydrogens (tertiary/aromatic N) is 2. The third kappa shape index (κ3) is 6.19. The molecule has 0 radical (unpaired) electrons. The number of nitrogens with one attached hydrogen (secondary N) is 1. The molecule has 0 aliphatic heterocycles. The Bertz CT molecular complexity index is 848. The van der Waals surface area contributed by atoms with Gasteiger partial charge in [0.1, 0.15) is 24.0 Å². The van der Waals surface area contributed by atoms with Gasteiger partial charge < -0.3 is 14.6 Å². The number of nitriles is 1. The van der Waals surface area contributed by atoms with Crippen LogP contribution in [0.25, 0.3) is 12.7 Å². The van der Waals surface area contributed by atoms with Gasteiger partial charge in [0, 0.05) is 25.6 Å². The van der Waals surface area contributed by atoms with E-state index in [2.05, 4.69) is 27.5 Å². The Morgan fingerprint density at radius 3 is 2.72 bits per heavy atom. The zero-order valence-electron chi connectivity index (χ0n) is 14.1. The molecule has 134 valence electrons. The van der Waals surface area contributed by atoms with E-state index < -0.39 is 18.8 Å². The number of hydrogen-bond acceptors (Lipinski definition) is 4. The normalized spacial score (nSPS) is 13.5. The van der Waals surface area contributed by atoms with E-state index in [9.17, 15) is 13.6 Å². The third-order valence-electron chi connectivity index (χ3n) is 2.96. The highest BCUT2D eigenvalue weighted by atomic mass is 79.9. The summed E-state index contributed by atoms with van der Waals surface area (Å²) in [5.74, 6) is -0.195. The summed E-state index contributed by atoms with van der Waals surface area (Å²) in [5.41, 5.74) is 0.182. The topological polar surface area (TPSA) is 69.1 Å². The summed E-state index contributed by atoms with van der Waals surface area (Å²) < 4.78 is 29.7. The van der Waals surface area contributed by atoms with Gasteiger partial charge in [0.05, 0.1) is 10.2 Å². The number of Topliss-reactive ketones (excluding diaryl/α,β-unsaturated/α-hetero) is 1. The molecule has 0 aliphatic carbocycles. The van der Waals surface area contributed by atoms with Crippen LogP contribution in [0.15, 0.2) is 28.1 Å². The number of rotatable bonds is 7. The van der Waals surface area contributed by atoms with E-state index in [1.807, 2.05) is 6.07 Å². The van der Waals surface area contributed by atoms with Gasteiger partial charge in [-0.15, -0.1) is 0 Å². The van der Waals surface area contributed by atoms with Crippen molar-refractivity contribution < 1.29 is 18.3 Å². The fourth-order valence-electron chi connectivity index (χ4n) is 1.79. The molecule has 1 heterocycles. The maximum Gasteiger partial charge on any atom is 0.272 e. The van der Waals surface area contributed by atoms with Gasteiger partial charge in [-0.05, 0) is 40.2 Å². The molecule has 0 unspecified atom stereocenters. The third-order valence-corrected chi connectivity index (χ3v) is 3.75. The fourth-order valence-corrected chi connectivity index (χ4v) is 2.13. The second-order valence-electron chi connectivity index (χ2n) is 5.32. The van der Waals surface area contributed by atoms with Gasteiger partial charge in [0.2, 0.25) is 5.78 Å².